The minimum Gasteiger partial charge on any atom is -0.492 e. The zero-order valence-corrected chi connectivity index (χ0v) is 18.9. The highest BCUT2D eigenvalue weighted by atomic mass is 32.2. The third kappa shape index (κ3) is 6.04. The minimum absolute atomic E-state index is 0.158. The Hall–Kier alpha value is -2.99. The fraction of sp³-hybridized carbons (Fsp3) is 0.292. The summed E-state index contributed by atoms with van der Waals surface area (Å²) in [5.74, 6) is 0.329. The zero-order valence-electron chi connectivity index (χ0n) is 18.0. The first kappa shape index (κ1) is 23.7. The second-order valence-corrected chi connectivity index (χ2v) is 9.60. The molecule has 0 aromatic heterocycles. The fourth-order valence-corrected chi connectivity index (χ4v) is 4.47. The van der Waals surface area contributed by atoms with Gasteiger partial charge in [0.15, 0.2) is 0 Å². The molecule has 1 heterocycles. The average molecular weight is 457 g/mol. The van der Waals surface area contributed by atoms with E-state index in [1.54, 1.807) is 19.1 Å². The normalized spacial score (nSPS) is 15.4. The van der Waals surface area contributed by atoms with Crippen LogP contribution in [0.25, 0.3) is 0 Å². The van der Waals surface area contributed by atoms with Crippen molar-refractivity contribution < 1.29 is 22.3 Å². The fourth-order valence-electron chi connectivity index (χ4n) is 3.20. The lowest BCUT2D eigenvalue weighted by atomic mass is 10.1. The second kappa shape index (κ2) is 10.6. The van der Waals surface area contributed by atoms with Crippen molar-refractivity contribution in [1.82, 2.24) is 4.31 Å². The van der Waals surface area contributed by atoms with Crippen LogP contribution in [-0.4, -0.2) is 25.9 Å². The number of sulfonamides is 1. The first-order valence-corrected chi connectivity index (χ1v) is 11.6. The number of fused-ring (bicyclic) bond motifs is 1. The molecule has 0 atom stereocenters. The van der Waals surface area contributed by atoms with Crippen LogP contribution in [0.15, 0.2) is 65.1 Å². The summed E-state index contributed by atoms with van der Waals surface area (Å²) < 4.78 is 52.2. The van der Waals surface area contributed by atoms with Crippen LogP contribution in [-0.2, 0) is 34.5 Å². The van der Waals surface area contributed by atoms with Gasteiger partial charge in [-0.1, -0.05) is 18.2 Å². The lowest BCUT2D eigenvalue weighted by Gasteiger charge is -2.20. The van der Waals surface area contributed by atoms with E-state index in [4.69, 9.17) is 14.7 Å². The largest absolute Gasteiger partial charge is 0.492 e. The SMILES string of the molecule is CC(C#N)=CC=C(C)S(=O)(=O)N1CCOc2ccc(COCc3cccc(F)c3)cc2C1. The molecule has 0 fully saturated rings. The predicted octanol–water partition coefficient (Wildman–Crippen LogP) is 4.44. The summed E-state index contributed by atoms with van der Waals surface area (Å²) in [7, 11) is -3.71. The van der Waals surface area contributed by atoms with Crippen molar-refractivity contribution in [3.63, 3.8) is 0 Å². The highest BCUT2D eigenvalue weighted by molar-refractivity contribution is 7.92. The van der Waals surface area contributed by atoms with Gasteiger partial charge in [-0.25, -0.2) is 12.8 Å². The molecule has 0 saturated carbocycles. The van der Waals surface area contributed by atoms with Gasteiger partial charge < -0.3 is 9.47 Å². The van der Waals surface area contributed by atoms with Crippen molar-refractivity contribution in [1.29, 1.82) is 5.26 Å². The Labute approximate surface area is 188 Å². The van der Waals surface area contributed by atoms with Crippen LogP contribution < -0.4 is 4.74 Å². The number of halogens is 1. The van der Waals surface area contributed by atoms with Crippen LogP contribution in [0.2, 0.25) is 0 Å². The monoisotopic (exact) mass is 456 g/mol. The van der Waals surface area contributed by atoms with Crippen molar-refractivity contribution in [2.75, 3.05) is 13.2 Å². The number of hydrogen-bond donors (Lipinski definition) is 0. The third-order valence-electron chi connectivity index (χ3n) is 4.99. The molecule has 1 aliphatic heterocycles. The first-order valence-electron chi connectivity index (χ1n) is 10.1. The lowest BCUT2D eigenvalue weighted by molar-refractivity contribution is 0.107. The number of hydrogen-bond acceptors (Lipinski definition) is 5. The maximum Gasteiger partial charge on any atom is 0.239 e. The third-order valence-corrected chi connectivity index (χ3v) is 6.93. The van der Waals surface area contributed by atoms with Crippen molar-refractivity contribution in [2.24, 2.45) is 0 Å². The molecule has 0 unspecified atom stereocenters. The van der Waals surface area contributed by atoms with Crippen LogP contribution in [0, 0.1) is 17.1 Å². The molecule has 0 saturated heterocycles. The molecule has 0 spiro atoms. The molecule has 8 heteroatoms. The second-order valence-electron chi connectivity index (χ2n) is 7.49. The van der Waals surface area contributed by atoms with Crippen molar-refractivity contribution in [3.05, 3.63) is 87.6 Å². The van der Waals surface area contributed by atoms with Crippen LogP contribution in [0.4, 0.5) is 4.39 Å². The topological polar surface area (TPSA) is 79.6 Å². The number of nitrogens with zero attached hydrogens (tertiary/aromatic N) is 2. The number of benzene rings is 2. The van der Waals surface area contributed by atoms with Gasteiger partial charge >= 0.3 is 0 Å². The van der Waals surface area contributed by atoms with Gasteiger partial charge in [-0.3, -0.25) is 0 Å². The number of nitriles is 1. The summed E-state index contributed by atoms with van der Waals surface area (Å²) in [4.78, 5) is 0.158. The molecular weight excluding hydrogens is 431 g/mol. The summed E-state index contributed by atoms with van der Waals surface area (Å²) >= 11 is 0. The van der Waals surface area contributed by atoms with Crippen molar-refractivity contribution in [3.8, 4) is 11.8 Å². The van der Waals surface area contributed by atoms with E-state index in [-0.39, 0.29) is 37.0 Å². The number of allylic oxidation sites excluding steroid dienone is 4. The number of rotatable bonds is 7. The molecule has 6 nitrogen and oxygen atoms in total. The van der Waals surface area contributed by atoms with Gasteiger partial charge in [-0.15, -0.1) is 0 Å². The highest BCUT2D eigenvalue weighted by Crippen LogP contribution is 2.27. The minimum atomic E-state index is -3.71. The maximum atomic E-state index is 13.3. The summed E-state index contributed by atoms with van der Waals surface area (Å²) in [5, 5.41) is 8.86. The van der Waals surface area contributed by atoms with Crippen LogP contribution in [0.5, 0.6) is 5.75 Å². The molecule has 2 aromatic carbocycles. The van der Waals surface area contributed by atoms with E-state index in [0.29, 0.717) is 17.9 Å². The summed E-state index contributed by atoms with van der Waals surface area (Å²) in [6, 6.07) is 13.8. The van der Waals surface area contributed by atoms with Crippen molar-refractivity contribution >= 4 is 10.0 Å². The highest BCUT2D eigenvalue weighted by Gasteiger charge is 2.27. The molecule has 168 valence electrons. The quantitative estimate of drug-likeness (QED) is 0.455. The molecular formula is C24H25FN2O4S. The Morgan fingerprint density at radius 2 is 1.94 bits per heavy atom. The maximum absolute atomic E-state index is 13.3. The molecule has 0 radical (unpaired) electrons. The average Bonchev–Trinajstić information content (AvgIpc) is 2.99. The standard InChI is InChI=1S/C24H25FN2O4S/c1-18(14-26)6-7-19(2)32(28,29)27-10-11-31-24-9-8-21(12-22(24)15-27)17-30-16-20-4-3-5-23(25)13-20/h3-9,12-13H,10-11,15-17H2,1-2H3. The van der Waals surface area contributed by atoms with Crippen LogP contribution >= 0.6 is 0 Å². The molecule has 0 aliphatic carbocycles. The Balaban J connectivity index is 1.72. The molecule has 0 amide bonds. The summed E-state index contributed by atoms with van der Waals surface area (Å²) in [6.45, 7) is 4.32. The van der Waals surface area contributed by atoms with Gasteiger partial charge in [0.25, 0.3) is 0 Å². The van der Waals surface area contributed by atoms with Gasteiger partial charge in [-0.2, -0.15) is 9.57 Å². The Kier molecular flexibility index (Phi) is 7.80. The molecule has 1 aliphatic rings. The predicted molar refractivity (Wildman–Crippen MR) is 119 cm³/mol. The lowest BCUT2D eigenvalue weighted by Crippen LogP contribution is -2.32. The first-order chi connectivity index (χ1) is 15.3. The Morgan fingerprint density at radius 3 is 2.66 bits per heavy atom. The smallest absolute Gasteiger partial charge is 0.239 e. The Morgan fingerprint density at radius 1 is 1.19 bits per heavy atom. The molecule has 0 N–H and O–H groups in total. The van der Waals surface area contributed by atoms with E-state index in [9.17, 15) is 12.8 Å². The number of ether oxygens (including phenoxy) is 2. The summed E-state index contributed by atoms with van der Waals surface area (Å²) in [5.41, 5.74) is 2.77. The van der Waals surface area contributed by atoms with E-state index in [1.807, 2.05) is 24.3 Å². The van der Waals surface area contributed by atoms with E-state index in [0.717, 1.165) is 16.7 Å². The Bertz CT molecular complexity index is 1180. The molecule has 3 rings (SSSR count). The summed E-state index contributed by atoms with van der Waals surface area (Å²) in [6.07, 6.45) is 2.93. The molecule has 0 bridgehead atoms. The van der Waals surface area contributed by atoms with Gasteiger partial charge in [0, 0.05) is 24.2 Å². The van der Waals surface area contributed by atoms with E-state index >= 15 is 0 Å². The zero-order chi connectivity index (χ0) is 23.1. The van der Waals surface area contributed by atoms with Crippen molar-refractivity contribution in [2.45, 2.75) is 33.6 Å². The van der Waals surface area contributed by atoms with E-state index in [1.165, 1.54) is 35.5 Å². The van der Waals surface area contributed by atoms with E-state index < -0.39 is 10.0 Å². The van der Waals surface area contributed by atoms with Gasteiger partial charge in [0.1, 0.15) is 18.2 Å². The van der Waals surface area contributed by atoms with E-state index in [2.05, 4.69) is 0 Å². The van der Waals surface area contributed by atoms with Gasteiger partial charge in [-0.05, 0) is 61.4 Å². The van der Waals surface area contributed by atoms with Crippen LogP contribution in [0.1, 0.15) is 30.5 Å². The van der Waals surface area contributed by atoms with Gasteiger partial charge in [0.2, 0.25) is 10.0 Å². The van der Waals surface area contributed by atoms with Gasteiger partial charge in [0.05, 0.1) is 24.2 Å². The molecule has 2 aromatic rings. The van der Waals surface area contributed by atoms with Crippen LogP contribution in [0.3, 0.4) is 0 Å². The molecule has 32 heavy (non-hydrogen) atoms.